The van der Waals surface area contributed by atoms with E-state index >= 15 is 0 Å². The topological polar surface area (TPSA) is 107 Å². The first-order valence-electron chi connectivity index (χ1n) is 14.7. The molecule has 1 aliphatic heterocycles. The van der Waals surface area contributed by atoms with Crippen LogP contribution >= 0.6 is 0 Å². The van der Waals surface area contributed by atoms with E-state index in [1.54, 1.807) is 14.2 Å². The first-order chi connectivity index (χ1) is 20.3. The molecule has 0 unspecified atom stereocenters. The average molecular weight is 582 g/mol. The molecule has 230 valence electrons. The second-order valence-electron chi connectivity index (χ2n) is 11.1. The van der Waals surface area contributed by atoms with Gasteiger partial charge in [-0.3, -0.25) is 4.90 Å². The van der Waals surface area contributed by atoms with Crippen molar-refractivity contribution >= 4 is 28.4 Å². The molecule has 3 N–H and O–H groups in total. The lowest BCUT2D eigenvalue weighted by Crippen LogP contribution is -2.39. The maximum atomic E-state index is 9.20. The second-order valence-corrected chi connectivity index (χ2v) is 11.1. The van der Waals surface area contributed by atoms with E-state index in [0.717, 1.165) is 61.5 Å². The van der Waals surface area contributed by atoms with E-state index in [0.29, 0.717) is 37.0 Å². The Bertz CT molecular complexity index is 1300. The van der Waals surface area contributed by atoms with Gasteiger partial charge in [-0.25, -0.2) is 4.98 Å². The van der Waals surface area contributed by atoms with Crippen LogP contribution in [0.4, 0.5) is 17.5 Å². The fourth-order valence-electron chi connectivity index (χ4n) is 5.18. The average Bonchev–Trinajstić information content (AvgIpc) is 2.98. The number of methoxy groups -OCH3 is 2. The number of rotatable bonds is 15. The zero-order chi connectivity index (χ0) is 30.1. The summed E-state index contributed by atoms with van der Waals surface area (Å²) < 4.78 is 17.3. The molecule has 0 bridgehead atoms. The Morgan fingerprint density at radius 3 is 2.40 bits per heavy atom. The van der Waals surface area contributed by atoms with Crippen molar-refractivity contribution < 1.29 is 19.3 Å². The summed E-state index contributed by atoms with van der Waals surface area (Å²) in [5.74, 6) is 3.50. The summed E-state index contributed by atoms with van der Waals surface area (Å²) in [7, 11) is 11.5. The Labute approximate surface area is 249 Å². The quantitative estimate of drug-likeness (QED) is 0.230. The van der Waals surface area contributed by atoms with Crippen LogP contribution in [0.15, 0.2) is 30.3 Å². The largest absolute Gasteiger partial charge is 0.493 e. The Morgan fingerprint density at radius 2 is 1.74 bits per heavy atom. The standard InChI is InChI=1S/C31H47N7O4/c1-36(2)16-18-42-27-10-7-9-26(37(3)4)24(27)21-38-14-11-22(12-15-38)33-30-23-19-28(40-5)29(41-6)20-25(23)34-31(35-30)32-13-8-17-39/h7,9-10,19-20,22,39H,8,11-18,21H2,1-6H3,(H2,32,33,34,35). The predicted molar refractivity (Wildman–Crippen MR) is 170 cm³/mol. The highest BCUT2D eigenvalue weighted by atomic mass is 16.5. The molecule has 11 heteroatoms. The SMILES string of the molecule is COc1cc2nc(NCCCO)nc(NC3CCN(Cc4c(OCCN(C)C)cccc4N(C)C)CC3)c2cc1OC. The summed E-state index contributed by atoms with van der Waals surface area (Å²) in [5.41, 5.74) is 3.18. The minimum absolute atomic E-state index is 0.109. The molecule has 1 aliphatic rings. The van der Waals surface area contributed by atoms with Crippen molar-refractivity contribution in [3.63, 3.8) is 0 Å². The monoisotopic (exact) mass is 581 g/mol. The molecule has 4 rings (SSSR count). The number of likely N-dealkylation sites (tertiary alicyclic amines) is 1. The number of likely N-dealkylation sites (N-methyl/N-ethyl adjacent to an activating group) is 1. The van der Waals surface area contributed by atoms with Gasteiger partial charge in [0, 0.05) is 82.2 Å². The van der Waals surface area contributed by atoms with E-state index in [9.17, 15) is 5.11 Å². The van der Waals surface area contributed by atoms with Gasteiger partial charge in [0.05, 0.1) is 19.7 Å². The van der Waals surface area contributed by atoms with Crippen molar-refractivity contribution in [1.82, 2.24) is 19.8 Å². The van der Waals surface area contributed by atoms with Crippen molar-refractivity contribution in [1.29, 1.82) is 0 Å². The van der Waals surface area contributed by atoms with Crippen LogP contribution < -0.4 is 29.7 Å². The van der Waals surface area contributed by atoms with Crippen LogP contribution in [0, 0.1) is 0 Å². The van der Waals surface area contributed by atoms with Gasteiger partial charge in [0.15, 0.2) is 11.5 Å². The Balaban J connectivity index is 1.49. The first-order valence-corrected chi connectivity index (χ1v) is 14.7. The normalized spacial score (nSPS) is 14.3. The van der Waals surface area contributed by atoms with Gasteiger partial charge in [-0.05, 0) is 51.6 Å². The number of nitrogens with zero attached hydrogens (tertiary/aromatic N) is 5. The van der Waals surface area contributed by atoms with Gasteiger partial charge in [0.1, 0.15) is 18.2 Å². The number of benzene rings is 2. The van der Waals surface area contributed by atoms with Gasteiger partial charge in [0.25, 0.3) is 0 Å². The molecule has 1 saturated heterocycles. The molecule has 0 radical (unpaired) electrons. The molecule has 2 heterocycles. The molecular formula is C31H47N7O4. The highest BCUT2D eigenvalue weighted by Crippen LogP contribution is 2.36. The number of nitrogens with one attached hydrogen (secondary N) is 2. The van der Waals surface area contributed by atoms with Crippen molar-refractivity contribution in [3.8, 4) is 17.2 Å². The van der Waals surface area contributed by atoms with Crippen LogP contribution in [0.5, 0.6) is 17.2 Å². The highest BCUT2D eigenvalue weighted by Gasteiger charge is 2.24. The molecule has 1 fully saturated rings. The molecule has 1 aromatic heterocycles. The summed E-state index contributed by atoms with van der Waals surface area (Å²) in [6.07, 6.45) is 2.58. The van der Waals surface area contributed by atoms with Crippen LogP contribution in [0.2, 0.25) is 0 Å². The third-order valence-corrected chi connectivity index (χ3v) is 7.52. The first kappa shape index (κ1) is 31.4. The zero-order valence-corrected chi connectivity index (χ0v) is 25.9. The van der Waals surface area contributed by atoms with Gasteiger partial charge in [0.2, 0.25) is 5.95 Å². The van der Waals surface area contributed by atoms with Crippen LogP contribution in [0.1, 0.15) is 24.8 Å². The summed E-state index contributed by atoms with van der Waals surface area (Å²) >= 11 is 0. The number of aromatic nitrogens is 2. The fourth-order valence-corrected chi connectivity index (χ4v) is 5.18. The molecule has 0 saturated carbocycles. The highest BCUT2D eigenvalue weighted by molar-refractivity contribution is 5.92. The number of fused-ring (bicyclic) bond motifs is 1. The number of hydrogen-bond donors (Lipinski definition) is 3. The number of aliphatic hydroxyl groups excluding tert-OH is 1. The van der Waals surface area contributed by atoms with E-state index in [4.69, 9.17) is 24.2 Å². The Hall–Kier alpha value is -3.54. The third kappa shape index (κ3) is 8.05. The molecule has 2 aromatic carbocycles. The Kier molecular flexibility index (Phi) is 11.3. The zero-order valence-electron chi connectivity index (χ0n) is 25.9. The van der Waals surface area contributed by atoms with Crippen LogP contribution in [-0.4, -0.2) is 113 Å². The third-order valence-electron chi connectivity index (χ3n) is 7.52. The number of ether oxygens (including phenoxy) is 3. The van der Waals surface area contributed by atoms with E-state index in [2.05, 4.69) is 71.7 Å². The lowest BCUT2D eigenvalue weighted by molar-refractivity contribution is 0.205. The van der Waals surface area contributed by atoms with Gasteiger partial charge in [-0.1, -0.05) is 6.07 Å². The predicted octanol–water partition coefficient (Wildman–Crippen LogP) is 3.52. The van der Waals surface area contributed by atoms with Gasteiger partial charge in [-0.15, -0.1) is 0 Å². The van der Waals surface area contributed by atoms with Crippen molar-refractivity contribution in [2.75, 3.05) is 97.3 Å². The fraction of sp³-hybridized carbons (Fsp3) is 0.548. The van der Waals surface area contributed by atoms with Crippen LogP contribution in [0.25, 0.3) is 10.9 Å². The van der Waals surface area contributed by atoms with E-state index in [-0.39, 0.29) is 12.6 Å². The maximum Gasteiger partial charge on any atom is 0.225 e. The molecule has 0 aliphatic carbocycles. The summed E-state index contributed by atoms with van der Waals surface area (Å²) in [4.78, 5) is 16.3. The summed E-state index contributed by atoms with van der Waals surface area (Å²) in [6, 6.07) is 10.4. The minimum Gasteiger partial charge on any atom is -0.493 e. The summed E-state index contributed by atoms with van der Waals surface area (Å²) in [6.45, 7) is 4.98. The molecule has 0 spiro atoms. The van der Waals surface area contributed by atoms with Crippen LogP contribution in [-0.2, 0) is 6.54 Å². The maximum absolute atomic E-state index is 9.20. The number of aliphatic hydroxyl groups is 1. The number of piperidine rings is 1. The van der Waals surface area contributed by atoms with E-state index in [1.807, 2.05) is 12.1 Å². The summed E-state index contributed by atoms with van der Waals surface area (Å²) in [5, 5.41) is 17.0. The number of anilines is 3. The van der Waals surface area contributed by atoms with Crippen molar-refractivity contribution in [3.05, 3.63) is 35.9 Å². The minimum atomic E-state index is 0.109. The van der Waals surface area contributed by atoms with E-state index < -0.39 is 0 Å². The Morgan fingerprint density at radius 1 is 1.00 bits per heavy atom. The lowest BCUT2D eigenvalue weighted by atomic mass is 10.0. The molecule has 42 heavy (non-hydrogen) atoms. The van der Waals surface area contributed by atoms with E-state index in [1.165, 1.54) is 11.3 Å². The number of hydrogen-bond acceptors (Lipinski definition) is 11. The van der Waals surface area contributed by atoms with Gasteiger partial charge >= 0.3 is 0 Å². The second kappa shape index (κ2) is 15.1. The van der Waals surface area contributed by atoms with Gasteiger partial charge in [-0.2, -0.15) is 4.98 Å². The molecule has 0 amide bonds. The smallest absolute Gasteiger partial charge is 0.225 e. The molecule has 11 nitrogen and oxygen atoms in total. The molecule has 0 atom stereocenters. The molecular weight excluding hydrogens is 534 g/mol. The molecule has 3 aromatic rings. The lowest BCUT2D eigenvalue weighted by Gasteiger charge is -2.34. The van der Waals surface area contributed by atoms with Crippen molar-refractivity contribution in [2.45, 2.75) is 31.8 Å². The van der Waals surface area contributed by atoms with Crippen molar-refractivity contribution in [2.24, 2.45) is 0 Å². The van der Waals surface area contributed by atoms with Crippen LogP contribution in [0.3, 0.4) is 0 Å². The van der Waals surface area contributed by atoms with Gasteiger partial charge < -0.3 is 39.8 Å².